The van der Waals surface area contributed by atoms with E-state index in [-0.39, 0.29) is 5.78 Å². The molecule has 1 aliphatic heterocycles. The molecule has 0 aliphatic carbocycles. The Bertz CT molecular complexity index is 472. The number of carbonyl (C=O) groups excluding carboxylic acids is 1. The predicted molar refractivity (Wildman–Crippen MR) is 62.7 cm³/mol. The number of carbonyl (C=O) groups is 1. The number of hydrogen-bond donors (Lipinski definition) is 0. The van der Waals surface area contributed by atoms with Gasteiger partial charge >= 0.3 is 0 Å². The lowest BCUT2D eigenvalue weighted by molar-refractivity contribution is 0.104. The Kier molecular flexibility index (Phi) is 2.96. The van der Waals surface area contributed by atoms with Gasteiger partial charge in [0.25, 0.3) is 0 Å². The Balaban J connectivity index is 2.22. The van der Waals surface area contributed by atoms with Gasteiger partial charge in [-0.05, 0) is 24.3 Å². The van der Waals surface area contributed by atoms with Crippen LogP contribution in [-0.4, -0.2) is 22.7 Å². The van der Waals surface area contributed by atoms with Crippen LogP contribution >= 0.6 is 0 Å². The summed E-state index contributed by atoms with van der Waals surface area (Å²) in [5.74, 6) is -0.0811. The van der Waals surface area contributed by atoms with E-state index in [1.165, 1.54) is 0 Å². The number of rotatable bonds is 2. The van der Waals surface area contributed by atoms with Gasteiger partial charge in [0.15, 0.2) is 0 Å². The van der Waals surface area contributed by atoms with E-state index in [9.17, 15) is 4.79 Å². The molecule has 2 rings (SSSR count). The van der Waals surface area contributed by atoms with Crippen molar-refractivity contribution in [2.75, 3.05) is 7.05 Å². The molecule has 1 aliphatic rings. The predicted octanol–water partition coefficient (Wildman–Crippen LogP) is 2.16. The van der Waals surface area contributed by atoms with E-state index in [1.54, 1.807) is 30.5 Å². The second kappa shape index (κ2) is 4.57. The minimum atomic E-state index is -0.0811. The van der Waals surface area contributed by atoms with Crippen LogP contribution in [0.25, 0.3) is 0 Å². The fourth-order valence-electron chi connectivity index (χ4n) is 1.40. The molecule has 0 spiro atoms. The van der Waals surface area contributed by atoms with Gasteiger partial charge in [-0.25, -0.2) is 0 Å². The standard InChI is InChI=1S/C13H12N2O/c1-15-9-5-3-6-11(15)10-13(16)12-7-2-4-8-14-12/h2-10H,1H3. The fraction of sp³-hybridized carbons (Fsp3) is 0.0769. The summed E-state index contributed by atoms with van der Waals surface area (Å²) in [4.78, 5) is 17.7. The number of pyridine rings is 1. The smallest absolute Gasteiger partial charge is 0.206 e. The number of aromatic nitrogens is 1. The van der Waals surface area contributed by atoms with Crippen molar-refractivity contribution in [3.8, 4) is 0 Å². The minimum absolute atomic E-state index is 0.0811. The van der Waals surface area contributed by atoms with Crippen LogP contribution in [0.1, 0.15) is 10.5 Å². The number of likely N-dealkylation sites (N-methyl/N-ethyl adjacent to an activating group) is 1. The van der Waals surface area contributed by atoms with E-state index in [0.29, 0.717) is 5.69 Å². The molecule has 0 aromatic carbocycles. The van der Waals surface area contributed by atoms with Crippen LogP contribution in [0.2, 0.25) is 0 Å². The molecule has 2 heterocycles. The van der Waals surface area contributed by atoms with Crippen LogP contribution in [-0.2, 0) is 0 Å². The summed E-state index contributed by atoms with van der Waals surface area (Å²) in [6.45, 7) is 0. The molecule has 0 saturated heterocycles. The van der Waals surface area contributed by atoms with Crippen molar-refractivity contribution in [2.45, 2.75) is 0 Å². The largest absolute Gasteiger partial charge is 0.351 e. The maximum Gasteiger partial charge on any atom is 0.206 e. The first-order chi connectivity index (χ1) is 7.77. The lowest BCUT2D eigenvalue weighted by Crippen LogP contribution is -2.12. The molecule has 0 saturated carbocycles. The summed E-state index contributed by atoms with van der Waals surface area (Å²) in [5, 5.41) is 0. The number of allylic oxidation sites excluding steroid dienone is 4. The summed E-state index contributed by atoms with van der Waals surface area (Å²) in [6, 6.07) is 5.31. The van der Waals surface area contributed by atoms with Crippen molar-refractivity contribution in [1.82, 2.24) is 9.88 Å². The maximum absolute atomic E-state index is 11.8. The average Bonchev–Trinajstić information content (AvgIpc) is 2.33. The van der Waals surface area contributed by atoms with Gasteiger partial charge < -0.3 is 4.90 Å². The van der Waals surface area contributed by atoms with Gasteiger partial charge in [0, 0.05) is 31.2 Å². The highest BCUT2D eigenvalue weighted by atomic mass is 16.1. The third-order valence-corrected chi connectivity index (χ3v) is 2.29. The van der Waals surface area contributed by atoms with E-state index in [0.717, 1.165) is 5.70 Å². The normalized spacial score (nSPS) is 16.8. The van der Waals surface area contributed by atoms with Gasteiger partial charge in [0.2, 0.25) is 5.78 Å². The molecule has 0 bridgehead atoms. The van der Waals surface area contributed by atoms with Crippen molar-refractivity contribution >= 4 is 5.78 Å². The van der Waals surface area contributed by atoms with Crippen LogP contribution < -0.4 is 0 Å². The first-order valence-electron chi connectivity index (χ1n) is 5.02. The van der Waals surface area contributed by atoms with Crippen molar-refractivity contribution in [3.05, 3.63) is 66.3 Å². The van der Waals surface area contributed by atoms with Gasteiger partial charge in [0.05, 0.1) is 0 Å². The monoisotopic (exact) mass is 212 g/mol. The third-order valence-electron chi connectivity index (χ3n) is 2.29. The maximum atomic E-state index is 11.8. The quantitative estimate of drug-likeness (QED) is 0.556. The summed E-state index contributed by atoms with van der Waals surface area (Å²) in [6.07, 6.45) is 10.8. The lowest BCUT2D eigenvalue weighted by Gasteiger charge is -2.17. The molecule has 16 heavy (non-hydrogen) atoms. The van der Waals surface area contributed by atoms with Crippen molar-refractivity contribution < 1.29 is 4.79 Å². The fourth-order valence-corrected chi connectivity index (χ4v) is 1.40. The van der Waals surface area contributed by atoms with Gasteiger partial charge in [0.1, 0.15) is 5.69 Å². The number of ketones is 1. The van der Waals surface area contributed by atoms with Gasteiger partial charge in [-0.3, -0.25) is 9.78 Å². The highest BCUT2D eigenvalue weighted by molar-refractivity contribution is 6.03. The van der Waals surface area contributed by atoms with E-state index in [1.807, 2.05) is 36.4 Å². The summed E-state index contributed by atoms with van der Waals surface area (Å²) in [5.41, 5.74) is 1.32. The second-order valence-corrected chi connectivity index (χ2v) is 3.46. The zero-order valence-corrected chi connectivity index (χ0v) is 9.00. The number of nitrogens with zero attached hydrogens (tertiary/aromatic N) is 2. The first kappa shape index (κ1) is 10.4. The molecular formula is C13H12N2O. The van der Waals surface area contributed by atoms with Crippen LogP contribution in [0.3, 0.4) is 0 Å². The molecular weight excluding hydrogens is 200 g/mol. The minimum Gasteiger partial charge on any atom is -0.351 e. The molecule has 1 aromatic heterocycles. The number of hydrogen-bond acceptors (Lipinski definition) is 3. The first-order valence-corrected chi connectivity index (χ1v) is 5.02. The summed E-state index contributed by atoms with van der Waals surface area (Å²) in [7, 11) is 1.90. The molecule has 0 unspecified atom stereocenters. The second-order valence-electron chi connectivity index (χ2n) is 3.46. The third kappa shape index (κ3) is 2.25. The van der Waals surface area contributed by atoms with E-state index >= 15 is 0 Å². The average molecular weight is 212 g/mol. The van der Waals surface area contributed by atoms with E-state index in [2.05, 4.69) is 4.98 Å². The molecule has 3 nitrogen and oxygen atoms in total. The van der Waals surface area contributed by atoms with Crippen LogP contribution in [0.4, 0.5) is 0 Å². The molecule has 0 amide bonds. The van der Waals surface area contributed by atoms with Crippen LogP contribution in [0, 0.1) is 0 Å². The Labute approximate surface area is 94.4 Å². The Hall–Kier alpha value is -2.16. The molecule has 0 N–H and O–H groups in total. The molecule has 0 radical (unpaired) electrons. The van der Waals surface area contributed by atoms with E-state index < -0.39 is 0 Å². The Morgan fingerprint density at radius 2 is 2.25 bits per heavy atom. The van der Waals surface area contributed by atoms with Crippen molar-refractivity contribution in [1.29, 1.82) is 0 Å². The summed E-state index contributed by atoms with van der Waals surface area (Å²) < 4.78 is 0. The molecule has 0 fully saturated rings. The highest BCUT2D eigenvalue weighted by Gasteiger charge is 2.07. The van der Waals surface area contributed by atoms with Gasteiger partial charge in [-0.1, -0.05) is 12.1 Å². The van der Waals surface area contributed by atoms with Crippen LogP contribution in [0.15, 0.2) is 60.6 Å². The van der Waals surface area contributed by atoms with Crippen LogP contribution in [0.5, 0.6) is 0 Å². The molecule has 1 aromatic rings. The molecule has 0 atom stereocenters. The van der Waals surface area contributed by atoms with Crippen molar-refractivity contribution in [3.63, 3.8) is 0 Å². The molecule has 80 valence electrons. The van der Waals surface area contributed by atoms with E-state index in [4.69, 9.17) is 0 Å². The Morgan fingerprint density at radius 3 is 2.94 bits per heavy atom. The topological polar surface area (TPSA) is 33.2 Å². The SMILES string of the molecule is CN1C=CC=CC1=CC(=O)c1ccccn1. The van der Waals surface area contributed by atoms with Crippen molar-refractivity contribution in [2.24, 2.45) is 0 Å². The van der Waals surface area contributed by atoms with Gasteiger partial charge in [-0.15, -0.1) is 0 Å². The zero-order valence-electron chi connectivity index (χ0n) is 9.00. The summed E-state index contributed by atoms with van der Waals surface area (Å²) >= 11 is 0. The van der Waals surface area contributed by atoms with Gasteiger partial charge in [-0.2, -0.15) is 0 Å². The zero-order chi connectivity index (χ0) is 11.4. The lowest BCUT2D eigenvalue weighted by atomic mass is 10.2. The molecule has 3 heteroatoms. The highest BCUT2D eigenvalue weighted by Crippen LogP contribution is 2.10. The Morgan fingerprint density at radius 1 is 1.38 bits per heavy atom.